The zero-order valence-electron chi connectivity index (χ0n) is 27.2. The summed E-state index contributed by atoms with van der Waals surface area (Å²) in [6.45, 7) is 0.0656. The van der Waals surface area contributed by atoms with E-state index in [0.717, 1.165) is 12.1 Å². The molecular weight excluding hydrogens is 680 g/mol. The highest BCUT2D eigenvalue weighted by Gasteiger charge is 2.48. The highest BCUT2D eigenvalue weighted by molar-refractivity contribution is 5.87. The fourth-order valence-corrected chi connectivity index (χ4v) is 5.52. The molecule has 3 heterocycles. The number of phenolic OH excluding ortho intramolecular Hbond substituents is 1. The van der Waals surface area contributed by atoms with Crippen LogP contribution in [-0.2, 0) is 19.0 Å². The smallest absolute Gasteiger partial charge is 0.339 e. The lowest BCUT2D eigenvalue weighted by molar-refractivity contribution is -0.281. The first-order chi connectivity index (χ1) is 24.3. The van der Waals surface area contributed by atoms with E-state index in [-0.39, 0.29) is 34.3 Å². The molecule has 51 heavy (non-hydrogen) atoms. The van der Waals surface area contributed by atoms with Gasteiger partial charge < -0.3 is 73.7 Å². The second kappa shape index (κ2) is 16.2. The number of aliphatic hydroxyl groups is 7. The number of aromatic hydroxyl groups is 1. The fraction of sp³-hybridized carbons (Fsp3) is 0.412. The predicted molar refractivity (Wildman–Crippen MR) is 172 cm³/mol. The average molecular weight is 719 g/mol. The van der Waals surface area contributed by atoms with Crippen molar-refractivity contribution in [1.82, 2.24) is 0 Å². The first kappa shape index (κ1) is 37.7. The van der Waals surface area contributed by atoms with Crippen LogP contribution in [0.2, 0.25) is 0 Å². The molecule has 10 atom stereocenters. The number of rotatable bonds is 11. The van der Waals surface area contributed by atoms with Crippen LogP contribution in [0.25, 0.3) is 17.4 Å². The van der Waals surface area contributed by atoms with Gasteiger partial charge >= 0.3 is 11.6 Å². The number of carbonyl (C=O) groups is 1. The molecule has 0 unspecified atom stereocenters. The quantitative estimate of drug-likeness (QED) is 0.0868. The normalized spacial score (nSPS) is 29.4. The lowest BCUT2D eigenvalue weighted by Crippen LogP contribution is -2.61. The van der Waals surface area contributed by atoms with Crippen molar-refractivity contribution in [2.45, 2.75) is 68.3 Å². The van der Waals surface area contributed by atoms with E-state index in [1.807, 2.05) is 0 Å². The van der Waals surface area contributed by atoms with E-state index in [1.54, 1.807) is 6.92 Å². The minimum absolute atomic E-state index is 0.00936. The summed E-state index contributed by atoms with van der Waals surface area (Å²) < 4.78 is 39.3. The molecule has 2 aliphatic heterocycles. The third kappa shape index (κ3) is 8.50. The molecule has 3 aromatic rings. The number of phenols is 1. The van der Waals surface area contributed by atoms with Crippen LogP contribution in [0, 0.1) is 6.92 Å². The zero-order valence-corrected chi connectivity index (χ0v) is 27.2. The molecule has 8 N–H and O–H groups in total. The highest BCUT2D eigenvalue weighted by Crippen LogP contribution is 2.40. The van der Waals surface area contributed by atoms with E-state index in [1.165, 1.54) is 55.7 Å². The lowest BCUT2D eigenvalue weighted by Gasteiger charge is -2.41. The first-order valence-electron chi connectivity index (χ1n) is 15.6. The van der Waals surface area contributed by atoms with Gasteiger partial charge in [0.05, 0.1) is 32.0 Å². The maximum atomic E-state index is 12.9. The Bertz CT molecular complexity index is 1740. The van der Waals surface area contributed by atoms with Gasteiger partial charge in [-0.3, -0.25) is 0 Å². The first-order valence-corrected chi connectivity index (χ1v) is 15.6. The van der Waals surface area contributed by atoms with Crippen molar-refractivity contribution >= 4 is 12.0 Å². The van der Waals surface area contributed by atoms with Crippen LogP contribution < -0.4 is 19.8 Å². The highest BCUT2D eigenvalue weighted by atomic mass is 16.7. The molecule has 0 radical (unpaired) electrons. The van der Waals surface area contributed by atoms with Gasteiger partial charge in [-0.1, -0.05) is 12.1 Å². The van der Waals surface area contributed by atoms with Gasteiger partial charge in [0, 0.05) is 18.2 Å². The maximum Gasteiger partial charge on any atom is 0.339 e. The lowest BCUT2D eigenvalue weighted by atomic mass is 9.98. The number of carbonyl (C=O) groups excluding carboxylic acids is 1. The Labute approximate surface area is 289 Å². The van der Waals surface area contributed by atoms with E-state index in [0.29, 0.717) is 11.1 Å². The van der Waals surface area contributed by atoms with Crippen molar-refractivity contribution in [2.75, 3.05) is 20.3 Å². The molecule has 2 aliphatic rings. The third-order valence-corrected chi connectivity index (χ3v) is 8.22. The Balaban J connectivity index is 1.53. The van der Waals surface area contributed by atoms with Crippen LogP contribution in [-0.4, -0.2) is 129 Å². The summed E-state index contributed by atoms with van der Waals surface area (Å²) in [5.74, 6) is -1.22. The fourth-order valence-electron chi connectivity index (χ4n) is 5.52. The van der Waals surface area contributed by atoms with Gasteiger partial charge in [-0.05, 0) is 42.3 Å². The van der Waals surface area contributed by atoms with Gasteiger partial charge in [-0.15, -0.1) is 0 Å². The molecule has 0 bridgehead atoms. The molecule has 5 rings (SSSR count). The van der Waals surface area contributed by atoms with E-state index in [2.05, 4.69) is 0 Å². The van der Waals surface area contributed by atoms with Crippen molar-refractivity contribution in [3.8, 4) is 34.3 Å². The van der Waals surface area contributed by atoms with Crippen molar-refractivity contribution in [3.63, 3.8) is 0 Å². The number of aliphatic hydroxyl groups excluding tert-OH is 7. The standard InChI is InChI=1S/C34H38O17/c1-15-9-19(46-33-31(44)29(42)27(40)22(13-35)49-33)11-21(26(15)20-10-18(45-2)12-25(39)47-20)48-34-32(30(43)28(41)23(14-36)50-34)51-24(38)8-5-16-3-6-17(37)7-4-16/h3-12,22-23,27-37,40-44H,13-14H2,1-2H3/t22-,23+,27-,28+,29+,30-,31-,32+,33+,34-/m1/s1. The molecule has 2 fully saturated rings. The van der Waals surface area contributed by atoms with Crippen LogP contribution in [0.15, 0.2) is 63.8 Å². The number of aryl methyl sites for hydroxylation is 1. The molecule has 0 saturated carbocycles. The second-order valence-electron chi connectivity index (χ2n) is 11.8. The van der Waals surface area contributed by atoms with Gasteiger partial charge in [0.2, 0.25) is 12.6 Å². The molecule has 2 aromatic carbocycles. The van der Waals surface area contributed by atoms with Crippen LogP contribution in [0.3, 0.4) is 0 Å². The van der Waals surface area contributed by atoms with Crippen molar-refractivity contribution in [1.29, 1.82) is 0 Å². The van der Waals surface area contributed by atoms with Crippen LogP contribution in [0.4, 0.5) is 0 Å². The number of esters is 1. The molecular formula is C34H38O17. The van der Waals surface area contributed by atoms with E-state index < -0.39 is 86.2 Å². The summed E-state index contributed by atoms with van der Waals surface area (Å²) in [5, 5.41) is 81.7. The minimum Gasteiger partial charge on any atom is -0.508 e. The number of hydrogen-bond donors (Lipinski definition) is 8. The van der Waals surface area contributed by atoms with Crippen LogP contribution >= 0.6 is 0 Å². The Morgan fingerprint density at radius 3 is 2.10 bits per heavy atom. The molecule has 2 saturated heterocycles. The monoisotopic (exact) mass is 718 g/mol. The number of ether oxygens (including phenoxy) is 6. The van der Waals surface area contributed by atoms with Gasteiger partial charge in [0.25, 0.3) is 0 Å². The number of hydrogen-bond acceptors (Lipinski definition) is 17. The zero-order chi connectivity index (χ0) is 37.0. The second-order valence-corrected chi connectivity index (χ2v) is 11.8. The van der Waals surface area contributed by atoms with Crippen molar-refractivity contribution < 1.29 is 78.5 Å². The van der Waals surface area contributed by atoms with Crippen molar-refractivity contribution in [3.05, 3.63) is 76.2 Å². The molecule has 276 valence electrons. The maximum absolute atomic E-state index is 12.9. The largest absolute Gasteiger partial charge is 0.508 e. The summed E-state index contributed by atoms with van der Waals surface area (Å²) in [6.07, 6.45) is -14.1. The molecule has 17 heteroatoms. The van der Waals surface area contributed by atoms with E-state index in [9.17, 15) is 50.4 Å². The summed E-state index contributed by atoms with van der Waals surface area (Å²) >= 11 is 0. The predicted octanol–water partition coefficient (Wildman–Crippen LogP) is -1.05. The summed E-state index contributed by atoms with van der Waals surface area (Å²) in [5.41, 5.74) is 0.143. The Hall–Kier alpha value is -4.56. The molecule has 1 aromatic heterocycles. The molecule has 0 spiro atoms. The number of benzene rings is 2. The Kier molecular flexibility index (Phi) is 12.0. The average Bonchev–Trinajstić information content (AvgIpc) is 3.10. The van der Waals surface area contributed by atoms with Gasteiger partial charge in [0.1, 0.15) is 71.5 Å². The van der Waals surface area contributed by atoms with Gasteiger partial charge in [0.15, 0.2) is 6.10 Å². The Morgan fingerprint density at radius 1 is 0.804 bits per heavy atom. The minimum atomic E-state index is -1.85. The molecule has 0 amide bonds. The van der Waals surface area contributed by atoms with E-state index >= 15 is 0 Å². The summed E-state index contributed by atoms with van der Waals surface area (Å²) in [7, 11) is 1.33. The van der Waals surface area contributed by atoms with Crippen molar-refractivity contribution in [2.24, 2.45) is 0 Å². The summed E-state index contributed by atoms with van der Waals surface area (Å²) in [6, 6.07) is 11.0. The van der Waals surface area contributed by atoms with Crippen LogP contribution in [0.1, 0.15) is 11.1 Å². The molecule has 0 aliphatic carbocycles. The number of methoxy groups -OCH3 is 1. The SMILES string of the molecule is COc1cc(-c2c(C)cc(O[C@H]3O[C@H](CO)[C@@H](O)[C@H](O)[C@H]3O)cc2O[C@@H]2O[C@@H](CO)[C@H](O)[C@@H](O)[C@@H]2OC(=O)C=Cc2ccc(O)cc2)oc(=O)c1. The van der Waals surface area contributed by atoms with E-state index in [4.69, 9.17) is 32.8 Å². The summed E-state index contributed by atoms with van der Waals surface area (Å²) in [4.78, 5) is 25.4. The van der Waals surface area contributed by atoms with Gasteiger partial charge in [-0.2, -0.15) is 0 Å². The topological polar surface area (TPSA) is 264 Å². The third-order valence-electron chi connectivity index (χ3n) is 8.22. The molecule has 17 nitrogen and oxygen atoms in total. The Morgan fingerprint density at radius 2 is 1.45 bits per heavy atom. The van der Waals surface area contributed by atoms with Crippen LogP contribution in [0.5, 0.6) is 23.0 Å². The van der Waals surface area contributed by atoms with Gasteiger partial charge in [-0.25, -0.2) is 9.59 Å².